The van der Waals surface area contributed by atoms with Crippen LogP contribution in [0.3, 0.4) is 0 Å². The monoisotopic (exact) mass is 728 g/mol. The molecule has 0 saturated carbocycles. The summed E-state index contributed by atoms with van der Waals surface area (Å²) in [6.07, 6.45) is 17.0. The van der Waals surface area contributed by atoms with Crippen molar-refractivity contribution in [3.63, 3.8) is 0 Å². The predicted octanol–water partition coefficient (Wildman–Crippen LogP) is 9.90. The Kier molecular flexibility index (Phi) is 19.2. The first-order valence-electron chi connectivity index (χ1n) is 18.8. The molecule has 0 aliphatic carbocycles. The summed E-state index contributed by atoms with van der Waals surface area (Å²) in [6.45, 7) is 7.86. The first-order chi connectivity index (χ1) is 25.3. The molecule has 0 amide bonds. The normalized spacial score (nSPS) is 11.4. The molecular weight excluding hydrogens is 673 g/mol. The molecule has 10 heteroatoms. The average Bonchev–Trinajstić information content (AvgIpc) is 3.15. The van der Waals surface area contributed by atoms with Crippen molar-refractivity contribution in [3.05, 3.63) is 89.0 Å². The second-order valence-corrected chi connectivity index (χ2v) is 14.7. The molecule has 3 rings (SSSR count). The van der Waals surface area contributed by atoms with Gasteiger partial charge in [-0.3, -0.25) is 0 Å². The fraction of sp³-hybridized carbons (Fsp3) is 0.476. The van der Waals surface area contributed by atoms with Gasteiger partial charge in [-0.25, -0.2) is 8.42 Å². The van der Waals surface area contributed by atoms with Gasteiger partial charge in [0.2, 0.25) is 0 Å². The summed E-state index contributed by atoms with van der Waals surface area (Å²) in [6, 6.07) is 21.2. The number of benzene rings is 3. The molecule has 0 bridgehead atoms. The lowest BCUT2D eigenvalue weighted by molar-refractivity contribution is 0.258. The highest BCUT2D eigenvalue weighted by Gasteiger charge is 2.16. The molecule has 0 radical (unpaired) electrons. The van der Waals surface area contributed by atoms with Crippen LogP contribution in [0.1, 0.15) is 126 Å². The third kappa shape index (κ3) is 15.0. The number of hydrogen-bond donors (Lipinski definition) is 2. The number of aryl methyl sites for hydroxylation is 1. The van der Waals surface area contributed by atoms with Crippen LogP contribution in [0.15, 0.2) is 71.6 Å². The number of sulfonamides is 1. The Morgan fingerprint density at radius 2 is 1.27 bits per heavy atom. The maximum atomic E-state index is 13.2. The van der Waals surface area contributed by atoms with Crippen molar-refractivity contribution in [2.24, 2.45) is 0 Å². The molecule has 0 aliphatic rings. The van der Waals surface area contributed by atoms with Crippen molar-refractivity contribution in [1.29, 1.82) is 10.5 Å². The van der Waals surface area contributed by atoms with E-state index in [1.54, 1.807) is 42.5 Å². The lowest BCUT2D eigenvalue weighted by atomic mass is 10.1. The van der Waals surface area contributed by atoms with E-state index in [9.17, 15) is 18.9 Å². The number of nitrogens with zero attached hydrogens (tertiary/aromatic N) is 2. The van der Waals surface area contributed by atoms with Gasteiger partial charge in [0.05, 0.1) is 41.5 Å². The van der Waals surface area contributed by atoms with Crippen LogP contribution in [-0.2, 0) is 10.0 Å². The molecular formula is C42H56N4O5S. The van der Waals surface area contributed by atoms with Crippen molar-refractivity contribution >= 4 is 15.7 Å². The summed E-state index contributed by atoms with van der Waals surface area (Å²) in [5.74, 6) is 1.81. The minimum Gasteiger partial charge on any atom is -0.494 e. The van der Waals surface area contributed by atoms with Crippen LogP contribution in [0.5, 0.6) is 17.2 Å². The van der Waals surface area contributed by atoms with E-state index in [0.29, 0.717) is 61.2 Å². The highest BCUT2D eigenvalue weighted by atomic mass is 32.2. The van der Waals surface area contributed by atoms with E-state index in [1.165, 1.54) is 51.4 Å². The topological polar surface area (TPSA) is 133 Å². The van der Waals surface area contributed by atoms with Gasteiger partial charge in [0.15, 0.2) is 11.5 Å². The second-order valence-electron chi connectivity index (χ2n) is 13.0. The summed E-state index contributed by atoms with van der Waals surface area (Å²) in [5, 5.41) is 18.5. The lowest BCUT2D eigenvalue weighted by Gasteiger charge is -2.17. The molecule has 0 fully saturated rings. The van der Waals surface area contributed by atoms with Crippen molar-refractivity contribution in [2.45, 2.75) is 116 Å². The average molecular weight is 729 g/mol. The third-order valence-electron chi connectivity index (χ3n) is 8.61. The van der Waals surface area contributed by atoms with Gasteiger partial charge in [0.25, 0.3) is 10.0 Å². The van der Waals surface area contributed by atoms with E-state index >= 15 is 0 Å². The maximum Gasteiger partial charge on any atom is 0.257 e. The van der Waals surface area contributed by atoms with Crippen molar-refractivity contribution in [1.82, 2.24) is 10.3 Å². The molecule has 0 saturated heterocycles. The molecule has 0 spiro atoms. The van der Waals surface area contributed by atoms with E-state index in [-0.39, 0.29) is 10.5 Å². The number of allylic oxidation sites excluding steroid dienone is 1. The highest BCUT2D eigenvalue weighted by molar-refractivity contribution is 7.89. The molecule has 9 nitrogen and oxygen atoms in total. The van der Waals surface area contributed by atoms with Crippen molar-refractivity contribution in [3.8, 4) is 29.4 Å². The molecule has 0 unspecified atom stereocenters. The van der Waals surface area contributed by atoms with E-state index in [2.05, 4.69) is 24.1 Å². The molecule has 2 N–H and O–H groups in total. The van der Waals surface area contributed by atoms with E-state index in [1.807, 2.05) is 43.3 Å². The molecule has 0 atom stereocenters. The van der Waals surface area contributed by atoms with Gasteiger partial charge in [-0.1, -0.05) is 102 Å². The smallest absolute Gasteiger partial charge is 0.257 e. The van der Waals surface area contributed by atoms with Crippen molar-refractivity contribution < 1.29 is 22.6 Å². The molecule has 0 aliphatic heterocycles. The fourth-order valence-electron chi connectivity index (χ4n) is 5.50. The van der Waals surface area contributed by atoms with Crippen LogP contribution in [0.25, 0.3) is 5.70 Å². The van der Waals surface area contributed by atoms with Gasteiger partial charge in [-0.05, 0) is 81.1 Å². The van der Waals surface area contributed by atoms with Gasteiger partial charge in [-0.2, -0.15) is 10.5 Å². The molecule has 3 aromatic rings. The maximum absolute atomic E-state index is 13.2. The summed E-state index contributed by atoms with van der Waals surface area (Å²) < 4.78 is 44.8. The highest BCUT2D eigenvalue weighted by Crippen LogP contribution is 2.31. The minimum atomic E-state index is -3.86. The Morgan fingerprint density at radius 3 is 1.90 bits per heavy atom. The van der Waals surface area contributed by atoms with Gasteiger partial charge >= 0.3 is 0 Å². The van der Waals surface area contributed by atoms with E-state index in [4.69, 9.17) is 14.2 Å². The fourth-order valence-corrected chi connectivity index (χ4v) is 6.36. The predicted molar refractivity (Wildman–Crippen MR) is 207 cm³/mol. The van der Waals surface area contributed by atoms with Gasteiger partial charge in [0, 0.05) is 5.56 Å². The number of hydrazine groups is 1. The lowest BCUT2D eigenvalue weighted by Crippen LogP contribution is -2.36. The summed E-state index contributed by atoms with van der Waals surface area (Å²) in [7, 11) is -3.86. The molecule has 0 heterocycles. The Morgan fingerprint density at radius 1 is 0.673 bits per heavy atom. The van der Waals surface area contributed by atoms with E-state index < -0.39 is 10.0 Å². The number of rotatable bonds is 26. The first-order valence-corrected chi connectivity index (χ1v) is 20.3. The van der Waals surface area contributed by atoms with Crippen LogP contribution < -0.4 is 24.5 Å². The zero-order chi connectivity index (χ0) is 37.4. The molecule has 52 heavy (non-hydrogen) atoms. The largest absolute Gasteiger partial charge is 0.494 e. The molecule has 280 valence electrons. The Labute approximate surface area is 312 Å². The minimum absolute atomic E-state index is 0.152. The Balaban J connectivity index is 1.78. The second kappa shape index (κ2) is 23.9. The summed E-state index contributed by atoms with van der Waals surface area (Å²) >= 11 is 0. The third-order valence-corrected chi connectivity index (χ3v) is 9.88. The van der Waals surface area contributed by atoms with Gasteiger partial charge in [0.1, 0.15) is 17.9 Å². The van der Waals surface area contributed by atoms with Crippen LogP contribution in [-0.4, -0.2) is 28.2 Å². The number of hydrogen-bond acceptors (Lipinski definition) is 8. The van der Waals surface area contributed by atoms with Crippen LogP contribution >= 0.6 is 0 Å². The van der Waals surface area contributed by atoms with Crippen LogP contribution in [0.4, 0.5) is 0 Å². The van der Waals surface area contributed by atoms with Crippen molar-refractivity contribution in [2.75, 3.05) is 19.8 Å². The zero-order valence-corrected chi connectivity index (χ0v) is 32.0. The first kappa shape index (κ1) is 41.9. The number of ether oxygens (including phenoxy) is 3. The summed E-state index contributed by atoms with van der Waals surface area (Å²) in [5.41, 5.74) is 5.80. The van der Waals surface area contributed by atoms with Gasteiger partial charge < -0.3 is 19.6 Å². The number of nitrogens with one attached hydrogen (secondary N) is 2. The molecule has 0 aromatic heterocycles. The van der Waals surface area contributed by atoms with Crippen LogP contribution in [0.2, 0.25) is 0 Å². The zero-order valence-electron chi connectivity index (χ0n) is 31.2. The Bertz CT molecular complexity index is 1730. The quantitative estimate of drug-likeness (QED) is 0.0617. The summed E-state index contributed by atoms with van der Waals surface area (Å²) in [4.78, 5) is 2.70. The SMILES string of the molecule is CCCCCCCCOc1ccc(C(=CCCCOc2ccc(C#N)c(C#N)c2)NNS(=O)(=O)c2ccc(C)cc2)cc1OCCCCCCCC. The number of unbranched alkanes of at least 4 members (excludes halogenated alkanes) is 11. The number of nitriles is 2. The Hall–Kier alpha value is -4.51. The standard InChI is InChI=1S/C42H56N4O5S/c1-4-6-8-10-12-15-28-50-41-26-22-35(31-42(41)51-29-16-13-11-9-7-5-2)40(45-46-52(47,48)39-24-19-34(3)20-25-39)18-14-17-27-49-38-23-21-36(32-43)37(30-38)33-44/h18-26,30-31,45-46H,4-17,27-29H2,1-3H3. The molecule has 3 aromatic carbocycles. The van der Waals surface area contributed by atoms with Gasteiger partial charge in [-0.15, -0.1) is 4.83 Å². The van der Waals surface area contributed by atoms with Crippen LogP contribution in [0, 0.1) is 29.6 Å². The van der Waals surface area contributed by atoms with E-state index in [0.717, 1.165) is 36.8 Å².